The fraction of sp³-hybridized carbons (Fsp3) is 0.853. The third-order valence-corrected chi connectivity index (χ3v) is 13.1. The van der Waals surface area contributed by atoms with Gasteiger partial charge in [-0.1, -0.05) is 74.1 Å². The van der Waals surface area contributed by atoms with Crippen LogP contribution >= 0.6 is 0 Å². The summed E-state index contributed by atoms with van der Waals surface area (Å²) in [6, 6.07) is -3.54. The Balaban J connectivity index is 1.53. The molecule has 0 radical (unpaired) electrons. The number of nitrogens with two attached hydrogens (primary N) is 1. The minimum absolute atomic E-state index is 0.0581. The first-order valence-electron chi connectivity index (χ1n) is 17.4. The zero-order valence-electron chi connectivity index (χ0n) is 29.3. The largest absolute Gasteiger partial charge is 0.363 e. The standard InChI is InChI=1S/C34H57N5O7S/c1-20(2)14-17-47(45,46)19-34(15-9-8-10-16-34)38-31(44)37-27(32(3,4)5)30(43)39-18-22-23(33(22,6)7)25(39)29(42)36-24(21-12-11-13-21)26(40)28(35)41/h20-25,27H,8-19H2,1-7H3,(H2,35,41)(H,36,42)(H2,37,38,44)/t22-,23-,24?,25-,27+/m0/s1. The molecule has 3 saturated carbocycles. The number of primary amides is 1. The number of nitrogens with one attached hydrogen (secondary N) is 3. The molecule has 5 amide bonds. The molecule has 4 fully saturated rings. The second kappa shape index (κ2) is 13.7. The van der Waals surface area contributed by atoms with E-state index < -0.39 is 68.5 Å². The van der Waals surface area contributed by atoms with Gasteiger partial charge in [0.05, 0.1) is 17.0 Å². The fourth-order valence-electron chi connectivity index (χ4n) is 8.04. The molecule has 5 N–H and O–H groups in total. The number of ketones is 1. The minimum atomic E-state index is -3.44. The van der Waals surface area contributed by atoms with Crippen molar-refractivity contribution in [1.29, 1.82) is 0 Å². The predicted molar refractivity (Wildman–Crippen MR) is 179 cm³/mol. The molecule has 47 heavy (non-hydrogen) atoms. The predicted octanol–water partition coefficient (Wildman–Crippen LogP) is 2.69. The van der Waals surface area contributed by atoms with Crippen LogP contribution in [0, 0.1) is 34.5 Å². The second-order valence-corrected chi connectivity index (χ2v) is 19.0. The van der Waals surface area contributed by atoms with Gasteiger partial charge in [0.1, 0.15) is 18.1 Å². The number of likely N-dealkylation sites (tertiary alicyclic amines) is 1. The summed E-state index contributed by atoms with van der Waals surface area (Å²) < 4.78 is 26.3. The molecular formula is C34H57N5O7S. The maximum absolute atomic E-state index is 14.4. The maximum Gasteiger partial charge on any atom is 0.315 e. The second-order valence-electron chi connectivity index (χ2n) is 16.8. The Labute approximate surface area is 280 Å². The first kappa shape index (κ1) is 37.1. The summed E-state index contributed by atoms with van der Waals surface area (Å²) in [6.45, 7) is 13.9. The van der Waals surface area contributed by atoms with Crippen molar-refractivity contribution in [3.05, 3.63) is 0 Å². The van der Waals surface area contributed by atoms with Gasteiger partial charge in [-0.05, 0) is 66.6 Å². The van der Waals surface area contributed by atoms with Crippen molar-refractivity contribution in [1.82, 2.24) is 20.9 Å². The third kappa shape index (κ3) is 8.31. The Kier molecular flexibility index (Phi) is 10.8. The van der Waals surface area contributed by atoms with Crippen LogP contribution in [-0.4, -0.2) is 84.6 Å². The zero-order valence-corrected chi connectivity index (χ0v) is 30.1. The van der Waals surface area contributed by atoms with Crippen LogP contribution in [0.25, 0.3) is 0 Å². The Hall–Kier alpha value is -2.70. The lowest BCUT2D eigenvalue weighted by molar-refractivity contribution is -0.145. The van der Waals surface area contributed by atoms with Gasteiger partial charge in [-0.15, -0.1) is 0 Å². The average molecular weight is 680 g/mol. The van der Waals surface area contributed by atoms with Crippen molar-refractivity contribution >= 4 is 39.4 Å². The molecule has 3 aliphatic carbocycles. The van der Waals surface area contributed by atoms with E-state index in [2.05, 4.69) is 16.0 Å². The summed E-state index contributed by atoms with van der Waals surface area (Å²) in [5, 5.41) is 8.68. The molecule has 12 nitrogen and oxygen atoms in total. The number of hydrogen-bond acceptors (Lipinski definition) is 7. The summed E-state index contributed by atoms with van der Waals surface area (Å²) in [5.41, 5.74) is 3.45. The molecule has 0 spiro atoms. The van der Waals surface area contributed by atoms with Crippen LogP contribution < -0.4 is 21.7 Å². The molecule has 13 heteroatoms. The molecule has 4 aliphatic rings. The van der Waals surface area contributed by atoms with Crippen molar-refractivity contribution in [2.45, 2.75) is 130 Å². The van der Waals surface area contributed by atoms with E-state index >= 15 is 0 Å². The topological polar surface area (TPSA) is 185 Å². The van der Waals surface area contributed by atoms with Gasteiger partial charge in [0.25, 0.3) is 5.91 Å². The van der Waals surface area contributed by atoms with Gasteiger partial charge in [-0.25, -0.2) is 13.2 Å². The molecule has 1 saturated heterocycles. The van der Waals surface area contributed by atoms with Crippen molar-refractivity contribution in [3.63, 3.8) is 0 Å². The van der Waals surface area contributed by atoms with Gasteiger partial charge in [0.15, 0.2) is 9.84 Å². The lowest BCUT2D eigenvalue weighted by Gasteiger charge is -2.41. The molecule has 4 rings (SSSR count). The highest BCUT2D eigenvalue weighted by Gasteiger charge is 2.70. The quantitative estimate of drug-likeness (QED) is 0.216. The number of amides is 5. The number of sulfone groups is 1. The van der Waals surface area contributed by atoms with Crippen LogP contribution in [0.2, 0.25) is 0 Å². The number of piperidine rings is 1. The Morgan fingerprint density at radius 2 is 1.57 bits per heavy atom. The van der Waals surface area contributed by atoms with Crippen LogP contribution in [0.4, 0.5) is 4.79 Å². The highest BCUT2D eigenvalue weighted by atomic mass is 32.2. The first-order valence-corrected chi connectivity index (χ1v) is 19.2. The Morgan fingerprint density at radius 1 is 0.957 bits per heavy atom. The van der Waals surface area contributed by atoms with E-state index in [1.807, 2.05) is 48.5 Å². The molecule has 0 bridgehead atoms. The molecule has 5 atom stereocenters. The summed E-state index contributed by atoms with van der Waals surface area (Å²) in [7, 11) is -3.44. The Morgan fingerprint density at radius 3 is 2.09 bits per heavy atom. The summed E-state index contributed by atoms with van der Waals surface area (Å²) in [4.78, 5) is 68.0. The monoisotopic (exact) mass is 679 g/mol. The van der Waals surface area contributed by atoms with E-state index in [0.29, 0.717) is 38.6 Å². The molecule has 1 aliphatic heterocycles. The summed E-state index contributed by atoms with van der Waals surface area (Å²) in [6.07, 6.45) is 6.46. The van der Waals surface area contributed by atoms with Gasteiger partial charge in [0.2, 0.25) is 17.6 Å². The van der Waals surface area contributed by atoms with E-state index in [9.17, 15) is 32.4 Å². The van der Waals surface area contributed by atoms with Gasteiger partial charge >= 0.3 is 6.03 Å². The van der Waals surface area contributed by atoms with E-state index in [0.717, 1.165) is 25.7 Å². The number of carbonyl (C=O) groups is 5. The molecule has 0 aromatic rings. The van der Waals surface area contributed by atoms with Crippen molar-refractivity contribution in [3.8, 4) is 0 Å². The van der Waals surface area contributed by atoms with Crippen LogP contribution in [-0.2, 0) is 29.0 Å². The van der Waals surface area contributed by atoms with Crippen LogP contribution in [0.3, 0.4) is 0 Å². The van der Waals surface area contributed by atoms with Crippen molar-refractivity contribution in [2.75, 3.05) is 18.1 Å². The van der Waals surface area contributed by atoms with Crippen LogP contribution in [0.1, 0.15) is 106 Å². The average Bonchev–Trinajstić information content (AvgIpc) is 3.24. The zero-order chi connectivity index (χ0) is 35.1. The Bertz CT molecular complexity index is 1340. The first-order chi connectivity index (χ1) is 21.7. The normalized spacial score (nSPS) is 26.4. The molecule has 266 valence electrons. The lowest BCUT2D eigenvalue weighted by atomic mass is 9.78. The van der Waals surface area contributed by atoms with Gasteiger partial charge in [0, 0.05) is 6.54 Å². The molecule has 1 unspecified atom stereocenters. The minimum Gasteiger partial charge on any atom is -0.363 e. The maximum atomic E-state index is 14.4. The fourth-order valence-corrected chi connectivity index (χ4v) is 10.2. The van der Waals surface area contributed by atoms with E-state index in [1.165, 1.54) is 4.90 Å². The number of Topliss-reactive ketones (excluding diaryl/α,β-unsaturated/α-hetero) is 1. The van der Waals surface area contributed by atoms with E-state index in [4.69, 9.17) is 5.73 Å². The molecule has 1 heterocycles. The number of carbonyl (C=O) groups excluding carboxylic acids is 5. The van der Waals surface area contributed by atoms with Crippen molar-refractivity contribution < 1.29 is 32.4 Å². The van der Waals surface area contributed by atoms with Crippen LogP contribution in [0.15, 0.2) is 0 Å². The highest BCUT2D eigenvalue weighted by molar-refractivity contribution is 7.91. The van der Waals surface area contributed by atoms with Crippen molar-refractivity contribution in [2.24, 2.45) is 40.2 Å². The summed E-state index contributed by atoms with van der Waals surface area (Å²) in [5.74, 6) is -2.95. The molecule has 0 aromatic heterocycles. The highest BCUT2D eigenvalue weighted by Crippen LogP contribution is 2.65. The number of rotatable bonds is 13. The number of hydrogen-bond donors (Lipinski definition) is 4. The van der Waals surface area contributed by atoms with E-state index in [-0.39, 0.29) is 40.6 Å². The van der Waals surface area contributed by atoms with Gasteiger partial charge in [-0.2, -0.15) is 0 Å². The SMILES string of the molecule is CC(C)CCS(=O)(=O)CC1(NC(=O)N[C@H](C(=O)N2C[C@H]3[C@@H]([C@H]2C(=O)NC(C(=O)C(N)=O)C2CCC2)C3(C)C)C(C)(C)C)CCCCC1. The molecule has 0 aromatic carbocycles. The molecular weight excluding hydrogens is 622 g/mol. The number of urea groups is 1. The number of nitrogens with zero attached hydrogens (tertiary/aromatic N) is 1. The summed E-state index contributed by atoms with van der Waals surface area (Å²) >= 11 is 0. The lowest BCUT2D eigenvalue weighted by Crippen LogP contribution is -2.64. The van der Waals surface area contributed by atoms with Crippen LogP contribution in [0.5, 0.6) is 0 Å². The third-order valence-electron chi connectivity index (χ3n) is 11.3. The smallest absolute Gasteiger partial charge is 0.315 e. The van der Waals surface area contributed by atoms with E-state index in [1.54, 1.807) is 0 Å². The number of fused-ring (bicyclic) bond motifs is 1. The van der Waals surface area contributed by atoms with Gasteiger partial charge in [-0.3, -0.25) is 19.2 Å². The van der Waals surface area contributed by atoms with Gasteiger partial charge < -0.3 is 26.6 Å².